The number of fused-ring (bicyclic) bond motifs is 1. The van der Waals surface area contributed by atoms with Crippen molar-refractivity contribution >= 4 is 23.1 Å². The lowest BCUT2D eigenvalue weighted by atomic mass is 9.97. The third kappa shape index (κ3) is 3.33. The van der Waals surface area contributed by atoms with E-state index >= 15 is 0 Å². The Morgan fingerprint density at radius 1 is 1.33 bits per heavy atom. The van der Waals surface area contributed by atoms with E-state index in [-0.39, 0.29) is 0 Å². The molecule has 1 N–H and O–H groups in total. The van der Waals surface area contributed by atoms with Crippen LogP contribution in [-0.2, 0) is 6.42 Å². The molecule has 0 saturated carbocycles. The normalized spacial score (nSPS) is 17.7. The maximum atomic E-state index is 4.96. The highest BCUT2D eigenvalue weighted by molar-refractivity contribution is 7.98. The second-order valence-electron chi connectivity index (χ2n) is 5.45. The summed E-state index contributed by atoms with van der Waals surface area (Å²) in [5, 5.41) is 4.83. The van der Waals surface area contributed by atoms with Gasteiger partial charge in [-0.3, -0.25) is 0 Å². The summed E-state index contributed by atoms with van der Waals surface area (Å²) in [5.74, 6) is 0. The lowest BCUT2D eigenvalue weighted by Crippen LogP contribution is -2.25. The van der Waals surface area contributed by atoms with E-state index in [9.17, 15) is 0 Å². The lowest BCUT2D eigenvalue weighted by Gasteiger charge is -2.22. The Kier molecular flexibility index (Phi) is 4.99. The van der Waals surface area contributed by atoms with Gasteiger partial charge in [0.1, 0.15) is 5.01 Å². The lowest BCUT2D eigenvalue weighted by molar-refractivity contribution is 0.454. The Balaban J connectivity index is 1.86. The highest BCUT2D eigenvalue weighted by Crippen LogP contribution is 2.37. The third-order valence-corrected chi connectivity index (χ3v) is 5.86. The van der Waals surface area contributed by atoms with E-state index < -0.39 is 0 Å². The second kappa shape index (κ2) is 6.95. The number of nitrogens with zero attached hydrogens (tertiary/aromatic N) is 1. The van der Waals surface area contributed by atoms with Gasteiger partial charge in [-0.1, -0.05) is 19.1 Å². The largest absolute Gasteiger partial charge is 0.309 e. The van der Waals surface area contributed by atoms with Crippen molar-refractivity contribution in [3.05, 3.63) is 34.8 Å². The van der Waals surface area contributed by atoms with Crippen LogP contribution in [0.3, 0.4) is 0 Å². The SMILES string of the molecule is CCCNC1CCCc2sc(-c3ccc(SC)cc3)nc21. The zero-order valence-electron chi connectivity index (χ0n) is 12.7. The van der Waals surface area contributed by atoms with Gasteiger partial charge in [-0.05, 0) is 50.6 Å². The van der Waals surface area contributed by atoms with Crippen molar-refractivity contribution in [3.8, 4) is 10.6 Å². The second-order valence-corrected chi connectivity index (χ2v) is 7.42. The molecule has 1 aromatic heterocycles. The molecule has 0 radical (unpaired) electrons. The molecule has 1 aliphatic carbocycles. The predicted molar refractivity (Wildman–Crippen MR) is 93.3 cm³/mol. The van der Waals surface area contributed by atoms with Crippen molar-refractivity contribution < 1.29 is 0 Å². The molecule has 0 saturated heterocycles. The van der Waals surface area contributed by atoms with Crippen LogP contribution in [0.4, 0.5) is 0 Å². The molecule has 0 spiro atoms. The molecule has 0 aliphatic heterocycles. The monoisotopic (exact) mass is 318 g/mol. The molecule has 1 heterocycles. The van der Waals surface area contributed by atoms with E-state index in [4.69, 9.17) is 4.98 Å². The van der Waals surface area contributed by atoms with Gasteiger partial charge in [-0.25, -0.2) is 4.98 Å². The van der Waals surface area contributed by atoms with Crippen molar-refractivity contribution in [1.29, 1.82) is 0 Å². The molecule has 3 rings (SSSR count). The van der Waals surface area contributed by atoms with Crippen LogP contribution >= 0.6 is 23.1 Å². The van der Waals surface area contributed by atoms with Crippen LogP contribution in [0.25, 0.3) is 10.6 Å². The minimum atomic E-state index is 0.462. The fourth-order valence-electron chi connectivity index (χ4n) is 2.79. The molecule has 4 heteroatoms. The quantitative estimate of drug-likeness (QED) is 0.793. The third-order valence-electron chi connectivity index (χ3n) is 3.93. The topological polar surface area (TPSA) is 24.9 Å². The van der Waals surface area contributed by atoms with Crippen LogP contribution in [-0.4, -0.2) is 17.8 Å². The number of nitrogens with one attached hydrogen (secondary N) is 1. The summed E-state index contributed by atoms with van der Waals surface area (Å²) in [6, 6.07) is 9.24. The number of aromatic nitrogens is 1. The molecule has 2 aromatic rings. The Hall–Kier alpha value is -0.840. The van der Waals surface area contributed by atoms with Crippen LogP contribution < -0.4 is 5.32 Å². The molecular weight excluding hydrogens is 296 g/mol. The van der Waals surface area contributed by atoms with E-state index in [2.05, 4.69) is 42.8 Å². The molecule has 1 aromatic carbocycles. The molecule has 1 unspecified atom stereocenters. The number of hydrogen-bond donors (Lipinski definition) is 1. The van der Waals surface area contributed by atoms with Crippen molar-refractivity contribution in [2.75, 3.05) is 12.8 Å². The predicted octanol–water partition coefficient (Wildman–Crippen LogP) is 4.91. The zero-order valence-corrected chi connectivity index (χ0v) is 14.3. The summed E-state index contributed by atoms with van der Waals surface area (Å²) in [5.41, 5.74) is 2.56. The maximum Gasteiger partial charge on any atom is 0.123 e. The fraction of sp³-hybridized carbons (Fsp3) is 0.471. The minimum absolute atomic E-state index is 0.462. The molecule has 1 atom stereocenters. The van der Waals surface area contributed by atoms with E-state index in [1.165, 1.54) is 51.7 Å². The van der Waals surface area contributed by atoms with Gasteiger partial charge in [-0.2, -0.15) is 0 Å². The van der Waals surface area contributed by atoms with Gasteiger partial charge in [0, 0.05) is 15.3 Å². The number of aryl methyl sites for hydroxylation is 1. The van der Waals surface area contributed by atoms with Gasteiger partial charge in [0.2, 0.25) is 0 Å². The van der Waals surface area contributed by atoms with Crippen molar-refractivity contribution in [2.24, 2.45) is 0 Å². The minimum Gasteiger partial charge on any atom is -0.309 e. The van der Waals surface area contributed by atoms with E-state index in [0.29, 0.717) is 6.04 Å². The Morgan fingerprint density at radius 3 is 2.86 bits per heavy atom. The first-order valence-corrected chi connectivity index (χ1v) is 9.73. The number of thioether (sulfide) groups is 1. The number of benzene rings is 1. The van der Waals surface area contributed by atoms with Gasteiger partial charge in [-0.15, -0.1) is 23.1 Å². The smallest absolute Gasteiger partial charge is 0.123 e. The van der Waals surface area contributed by atoms with Gasteiger partial charge >= 0.3 is 0 Å². The van der Waals surface area contributed by atoms with E-state index in [0.717, 1.165) is 6.54 Å². The molecule has 0 bridgehead atoms. The highest BCUT2D eigenvalue weighted by Gasteiger charge is 2.24. The van der Waals surface area contributed by atoms with E-state index in [1.54, 1.807) is 11.8 Å². The zero-order chi connectivity index (χ0) is 14.7. The van der Waals surface area contributed by atoms with Crippen LogP contribution in [0.5, 0.6) is 0 Å². The van der Waals surface area contributed by atoms with Crippen LogP contribution in [0, 0.1) is 0 Å². The van der Waals surface area contributed by atoms with Crippen molar-refractivity contribution in [3.63, 3.8) is 0 Å². The number of hydrogen-bond acceptors (Lipinski definition) is 4. The molecule has 112 valence electrons. The first kappa shape index (κ1) is 15.1. The van der Waals surface area contributed by atoms with Gasteiger partial charge in [0.25, 0.3) is 0 Å². The van der Waals surface area contributed by atoms with Crippen molar-refractivity contribution in [1.82, 2.24) is 10.3 Å². The average molecular weight is 319 g/mol. The first-order chi connectivity index (χ1) is 10.3. The Labute approximate surface area is 135 Å². The average Bonchev–Trinajstić information content (AvgIpc) is 2.97. The standard InChI is InChI=1S/C17H22N2S2/c1-3-11-18-14-5-4-6-15-16(14)19-17(21-15)12-7-9-13(20-2)10-8-12/h7-10,14,18H,3-6,11H2,1-2H3. The summed E-state index contributed by atoms with van der Waals surface area (Å²) in [6.07, 6.45) is 6.99. The fourth-order valence-corrected chi connectivity index (χ4v) is 4.37. The maximum absolute atomic E-state index is 4.96. The first-order valence-electron chi connectivity index (χ1n) is 7.69. The van der Waals surface area contributed by atoms with Gasteiger partial charge < -0.3 is 5.32 Å². The molecule has 0 fully saturated rings. The molecule has 2 nitrogen and oxygen atoms in total. The summed E-state index contributed by atoms with van der Waals surface area (Å²) in [6.45, 7) is 3.30. The molecular formula is C17H22N2S2. The van der Waals surface area contributed by atoms with Crippen LogP contribution in [0.15, 0.2) is 29.2 Å². The summed E-state index contributed by atoms with van der Waals surface area (Å²) < 4.78 is 0. The number of rotatable bonds is 5. The van der Waals surface area contributed by atoms with Gasteiger partial charge in [0.05, 0.1) is 11.7 Å². The summed E-state index contributed by atoms with van der Waals surface area (Å²) in [4.78, 5) is 7.75. The molecule has 21 heavy (non-hydrogen) atoms. The summed E-state index contributed by atoms with van der Waals surface area (Å²) in [7, 11) is 0. The molecule has 1 aliphatic rings. The summed E-state index contributed by atoms with van der Waals surface area (Å²) >= 11 is 3.66. The number of thiazole rings is 1. The van der Waals surface area contributed by atoms with E-state index in [1.807, 2.05) is 11.3 Å². The van der Waals surface area contributed by atoms with Crippen LogP contribution in [0.2, 0.25) is 0 Å². The Bertz CT molecular complexity index is 589. The Morgan fingerprint density at radius 2 is 2.14 bits per heavy atom. The molecule has 0 amide bonds. The van der Waals surface area contributed by atoms with Crippen LogP contribution in [0.1, 0.15) is 42.8 Å². The highest BCUT2D eigenvalue weighted by atomic mass is 32.2. The van der Waals surface area contributed by atoms with Crippen molar-refractivity contribution in [2.45, 2.75) is 43.5 Å². The van der Waals surface area contributed by atoms with Gasteiger partial charge in [0.15, 0.2) is 0 Å².